The molecule has 0 fully saturated rings. The van der Waals surface area contributed by atoms with Crippen LogP contribution in [0.1, 0.15) is 37.0 Å². The molecule has 8 heteroatoms. The number of amides is 2. The minimum Gasteiger partial charge on any atom is -0.354 e. The maximum atomic E-state index is 12.0. The van der Waals surface area contributed by atoms with E-state index in [2.05, 4.69) is 21.3 Å². The van der Waals surface area contributed by atoms with E-state index in [0.29, 0.717) is 5.56 Å². The number of terminal acetylenes is 1. The van der Waals surface area contributed by atoms with Crippen LogP contribution in [0.2, 0.25) is 0 Å². The maximum absolute atomic E-state index is 12.0. The Balaban J connectivity index is 2.55. The molecule has 0 saturated carbocycles. The van der Waals surface area contributed by atoms with Crippen LogP contribution < -0.4 is 15.4 Å². The molecular formula is C17H23N3O4S. The highest BCUT2D eigenvalue weighted by atomic mass is 32.2. The first-order valence-corrected chi connectivity index (χ1v) is 9.39. The van der Waals surface area contributed by atoms with Crippen molar-refractivity contribution in [3.63, 3.8) is 0 Å². The van der Waals surface area contributed by atoms with Crippen molar-refractivity contribution in [1.82, 2.24) is 15.4 Å². The highest BCUT2D eigenvalue weighted by molar-refractivity contribution is 7.89. The third-order valence-electron chi connectivity index (χ3n) is 3.45. The van der Waals surface area contributed by atoms with Crippen molar-refractivity contribution in [2.24, 2.45) is 0 Å². The van der Waals surface area contributed by atoms with Gasteiger partial charge in [0.15, 0.2) is 0 Å². The molecule has 0 aliphatic carbocycles. The highest BCUT2D eigenvalue weighted by Crippen LogP contribution is 2.10. The molecule has 7 nitrogen and oxygen atoms in total. The Labute approximate surface area is 148 Å². The van der Waals surface area contributed by atoms with E-state index in [1.54, 1.807) is 0 Å². The van der Waals surface area contributed by atoms with Crippen molar-refractivity contribution in [3.8, 4) is 12.3 Å². The molecular weight excluding hydrogens is 342 g/mol. The molecule has 1 atom stereocenters. The second-order valence-electron chi connectivity index (χ2n) is 5.44. The van der Waals surface area contributed by atoms with E-state index < -0.39 is 10.0 Å². The lowest BCUT2D eigenvalue weighted by Crippen LogP contribution is -2.35. The summed E-state index contributed by atoms with van der Waals surface area (Å²) in [6.45, 7) is 3.97. The van der Waals surface area contributed by atoms with Crippen molar-refractivity contribution in [3.05, 3.63) is 29.8 Å². The van der Waals surface area contributed by atoms with Crippen LogP contribution >= 0.6 is 0 Å². The molecule has 3 N–H and O–H groups in total. The number of carbonyl (C=O) groups excluding carboxylic acids is 2. The molecule has 0 radical (unpaired) electrons. The second kappa shape index (κ2) is 9.81. The molecule has 0 saturated heterocycles. The first-order chi connectivity index (χ1) is 11.8. The Morgan fingerprint density at radius 3 is 2.44 bits per heavy atom. The second-order valence-corrected chi connectivity index (χ2v) is 7.20. The maximum Gasteiger partial charge on any atom is 0.251 e. The fourth-order valence-corrected chi connectivity index (χ4v) is 2.78. The standard InChI is InChI=1S/C17H23N3O4S/c1-4-11-19-25(23,24)15-8-6-14(7-9-15)17(22)18-12-10-16(21)20-13(3)5-2/h1,6-9,13,19H,5,10-12H2,2-3H3,(H,18,22)(H,20,21). The minimum absolute atomic E-state index is 0.0206. The van der Waals surface area contributed by atoms with Crippen molar-refractivity contribution < 1.29 is 18.0 Å². The van der Waals surface area contributed by atoms with Crippen LogP contribution in [0.5, 0.6) is 0 Å². The zero-order valence-corrected chi connectivity index (χ0v) is 15.2. The van der Waals surface area contributed by atoms with Gasteiger partial charge in [0.2, 0.25) is 15.9 Å². The van der Waals surface area contributed by atoms with Gasteiger partial charge in [0.25, 0.3) is 5.91 Å². The van der Waals surface area contributed by atoms with Crippen molar-refractivity contribution in [1.29, 1.82) is 0 Å². The third kappa shape index (κ3) is 6.95. The predicted molar refractivity (Wildman–Crippen MR) is 95.3 cm³/mol. The van der Waals surface area contributed by atoms with Gasteiger partial charge >= 0.3 is 0 Å². The topological polar surface area (TPSA) is 104 Å². The van der Waals surface area contributed by atoms with Crippen LogP contribution in [0.25, 0.3) is 0 Å². The molecule has 1 aromatic carbocycles. The molecule has 1 unspecified atom stereocenters. The van der Waals surface area contributed by atoms with E-state index in [9.17, 15) is 18.0 Å². The Bertz CT molecular complexity index is 736. The molecule has 0 heterocycles. The number of sulfonamides is 1. The molecule has 0 bridgehead atoms. The van der Waals surface area contributed by atoms with Gasteiger partial charge < -0.3 is 10.6 Å². The average molecular weight is 365 g/mol. The van der Waals surface area contributed by atoms with Crippen LogP contribution in [0.15, 0.2) is 29.2 Å². The number of nitrogens with one attached hydrogen (secondary N) is 3. The van der Waals surface area contributed by atoms with E-state index >= 15 is 0 Å². The van der Waals surface area contributed by atoms with Crippen molar-refractivity contribution >= 4 is 21.8 Å². The average Bonchev–Trinajstić information content (AvgIpc) is 2.59. The summed E-state index contributed by atoms with van der Waals surface area (Å²) in [6, 6.07) is 5.55. The fraction of sp³-hybridized carbons (Fsp3) is 0.412. The number of hydrogen-bond acceptors (Lipinski definition) is 4. The Morgan fingerprint density at radius 1 is 1.24 bits per heavy atom. The molecule has 1 rings (SSSR count). The predicted octanol–water partition coefficient (Wildman–Crippen LogP) is 0.633. The normalized spacial score (nSPS) is 12.0. The fourth-order valence-electron chi connectivity index (χ4n) is 1.85. The summed E-state index contributed by atoms with van der Waals surface area (Å²) < 4.78 is 26.0. The van der Waals surface area contributed by atoms with Gasteiger partial charge in [-0.1, -0.05) is 12.8 Å². The van der Waals surface area contributed by atoms with Crippen LogP contribution in [-0.2, 0) is 14.8 Å². The SMILES string of the molecule is C#CCNS(=O)(=O)c1ccc(C(=O)NCCC(=O)NC(C)CC)cc1. The lowest BCUT2D eigenvalue weighted by molar-refractivity contribution is -0.121. The van der Waals surface area contributed by atoms with Crippen LogP contribution in [0.3, 0.4) is 0 Å². The van der Waals surface area contributed by atoms with Crippen molar-refractivity contribution in [2.45, 2.75) is 37.6 Å². The summed E-state index contributed by atoms with van der Waals surface area (Å²) >= 11 is 0. The number of carbonyl (C=O) groups is 2. The van der Waals surface area contributed by atoms with Gasteiger partial charge in [-0.15, -0.1) is 6.42 Å². The summed E-state index contributed by atoms with van der Waals surface area (Å²) in [6.07, 6.45) is 6.04. The molecule has 1 aromatic rings. The number of benzene rings is 1. The summed E-state index contributed by atoms with van der Waals surface area (Å²) in [4.78, 5) is 23.6. The highest BCUT2D eigenvalue weighted by Gasteiger charge is 2.14. The van der Waals surface area contributed by atoms with E-state index in [-0.39, 0.29) is 42.3 Å². The number of rotatable bonds is 9. The summed E-state index contributed by atoms with van der Waals surface area (Å²) in [5, 5.41) is 5.43. The molecule has 136 valence electrons. The van der Waals surface area contributed by atoms with Gasteiger partial charge in [0.05, 0.1) is 11.4 Å². The van der Waals surface area contributed by atoms with Gasteiger partial charge in [0, 0.05) is 24.6 Å². The first-order valence-electron chi connectivity index (χ1n) is 7.91. The zero-order chi connectivity index (χ0) is 18.9. The van der Waals surface area contributed by atoms with E-state index in [0.717, 1.165) is 6.42 Å². The zero-order valence-electron chi connectivity index (χ0n) is 14.3. The van der Waals surface area contributed by atoms with E-state index in [4.69, 9.17) is 6.42 Å². The van der Waals surface area contributed by atoms with Gasteiger partial charge in [-0.2, -0.15) is 4.72 Å². The molecule has 0 aliphatic heterocycles. The van der Waals surface area contributed by atoms with Crippen LogP contribution in [-0.4, -0.2) is 39.4 Å². The van der Waals surface area contributed by atoms with Gasteiger partial charge in [-0.05, 0) is 37.6 Å². The molecule has 0 aliphatic rings. The molecule has 0 spiro atoms. The summed E-state index contributed by atoms with van der Waals surface area (Å²) in [7, 11) is -3.68. The van der Waals surface area contributed by atoms with Crippen molar-refractivity contribution in [2.75, 3.05) is 13.1 Å². The molecule has 2 amide bonds. The lowest BCUT2D eigenvalue weighted by Gasteiger charge is -2.11. The van der Waals surface area contributed by atoms with Crippen LogP contribution in [0, 0.1) is 12.3 Å². The van der Waals surface area contributed by atoms with Gasteiger partial charge in [0.1, 0.15) is 0 Å². The lowest BCUT2D eigenvalue weighted by atomic mass is 10.2. The quantitative estimate of drug-likeness (QED) is 0.558. The van der Waals surface area contributed by atoms with E-state index in [1.807, 2.05) is 13.8 Å². The summed E-state index contributed by atoms with van der Waals surface area (Å²) in [5.74, 6) is 1.68. The smallest absolute Gasteiger partial charge is 0.251 e. The Morgan fingerprint density at radius 2 is 1.88 bits per heavy atom. The molecule has 0 aromatic heterocycles. The largest absolute Gasteiger partial charge is 0.354 e. The van der Waals surface area contributed by atoms with Gasteiger partial charge in [-0.3, -0.25) is 9.59 Å². The first kappa shape index (κ1) is 20.7. The van der Waals surface area contributed by atoms with Crippen LogP contribution in [0.4, 0.5) is 0 Å². The van der Waals surface area contributed by atoms with Gasteiger partial charge in [-0.25, -0.2) is 8.42 Å². The Kier molecular flexibility index (Phi) is 8.11. The number of hydrogen-bond donors (Lipinski definition) is 3. The summed E-state index contributed by atoms with van der Waals surface area (Å²) in [5.41, 5.74) is 0.304. The molecule has 25 heavy (non-hydrogen) atoms. The monoisotopic (exact) mass is 365 g/mol. The van der Waals surface area contributed by atoms with E-state index in [1.165, 1.54) is 24.3 Å². The third-order valence-corrected chi connectivity index (χ3v) is 4.87. The Hall–Kier alpha value is -2.37. The minimum atomic E-state index is -3.68.